The van der Waals surface area contributed by atoms with Crippen LogP contribution in [0.25, 0.3) is 0 Å². The number of hydrogen-bond acceptors (Lipinski definition) is 4. The zero-order valence-electron chi connectivity index (χ0n) is 14.0. The number of amides is 1. The summed E-state index contributed by atoms with van der Waals surface area (Å²) in [5, 5.41) is 4.50. The number of halogens is 1. The minimum Gasteiger partial charge on any atom is -0.487 e. The van der Waals surface area contributed by atoms with Gasteiger partial charge in [-0.3, -0.25) is 14.5 Å². The number of fused-ring (bicyclic) bond motifs is 1. The molecule has 1 amide bonds. The molecule has 0 unspecified atom stereocenters. The molecule has 1 aromatic carbocycles. The zero-order valence-corrected chi connectivity index (χ0v) is 14.0. The number of rotatable bonds is 4. The average Bonchev–Trinajstić information content (AvgIpc) is 3.08. The molecule has 0 spiro atoms. The van der Waals surface area contributed by atoms with Crippen molar-refractivity contribution in [3.8, 4) is 5.75 Å². The van der Waals surface area contributed by atoms with Crippen LogP contribution in [0.15, 0.2) is 54.9 Å². The number of benzene rings is 1. The molecule has 2 aromatic heterocycles. The molecule has 3 heterocycles. The molecular formula is C19H17FN4O2. The van der Waals surface area contributed by atoms with Crippen molar-refractivity contribution in [1.82, 2.24) is 19.7 Å². The van der Waals surface area contributed by atoms with Gasteiger partial charge in [-0.2, -0.15) is 5.10 Å². The summed E-state index contributed by atoms with van der Waals surface area (Å²) in [6, 6.07) is 11.4. The summed E-state index contributed by atoms with van der Waals surface area (Å²) >= 11 is 0. The Morgan fingerprint density at radius 3 is 2.92 bits per heavy atom. The SMILES string of the molecule is O=C(c1cccnc1)N1CCn2nc(COc3cccc(F)c3)cc2C1. The van der Waals surface area contributed by atoms with Crippen molar-refractivity contribution < 1.29 is 13.9 Å². The minimum absolute atomic E-state index is 0.0388. The number of carbonyl (C=O) groups is 1. The molecule has 0 bridgehead atoms. The highest BCUT2D eigenvalue weighted by molar-refractivity contribution is 5.93. The van der Waals surface area contributed by atoms with E-state index in [4.69, 9.17) is 4.74 Å². The Labute approximate surface area is 149 Å². The fourth-order valence-electron chi connectivity index (χ4n) is 2.96. The number of ether oxygens (including phenoxy) is 1. The molecule has 1 aliphatic heterocycles. The maximum absolute atomic E-state index is 13.2. The molecule has 0 fully saturated rings. The first-order valence-corrected chi connectivity index (χ1v) is 8.32. The first kappa shape index (κ1) is 16.3. The van der Waals surface area contributed by atoms with E-state index in [0.717, 1.165) is 11.4 Å². The van der Waals surface area contributed by atoms with Crippen molar-refractivity contribution in [3.63, 3.8) is 0 Å². The van der Waals surface area contributed by atoms with Crippen LogP contribution in [0.3, 0.4) is 0 Å². The molecule has 6 nitrogen and oxygen atoms in total. The molecule has 26 heavy (non-hydrogen) atoms. The van der Waals surface area contributed by atoms with Crippen molar-refractivity contribution in [2.24, 2.45) is 0 Å². The van der Waals surface area contributed by atoms with Crippen LogP contribution in [0.2, 0.25) is 0 Å². The summed E-state index contributed by atoms with van der Waals surface area (Å²) in [5.74, 6) is 0.0867. The maximum atomic E-state index is 13.2. The second-order valence-corrected chi connectivity index (χ2v) is 6.06. The molecule has 7 heteroatoms. The normalized spacial score (nSPS) is 13.3. The third-order valence-corrected chi connectivity index (χ3v) is 4.23. The predicted octanol–water partition coefficient (Wildman–Crippen LogP) is 2.65. The van der Waals surface area contributed by atoms with Crippen LogP contribution in [-0.2, 0) is 19.7 Å². The van der Waals surface area contributed by atoms with E-state index in [2.05, 4.69) is 10.1 Å². The first-order valence-electron chi connectivity index (χ1n) is 8.32. The summed E-state index contributed by atoms with van der Waals surface area (Å²) in [4.78, 5) is 18.3. The van der Waals surface area contributed by atoms with Crippen LogP contribution in [0, 0.1) is 5.82 Å². The minimum atomic E-state index is -0.337. The predicted molar refractivity (Wildman–Crippen MR) is 91.9 cm³/mol. The van der Waals surface area contributed by atoms with Gasteiger partial charge >= 0.3 is 0 Å². The van der Waals surface area contributed by atoms with Crippen molar-refractivity contribution >= 4 is 5.91 Å². The van der Waals surface area contributed by atoms with E-state index >= 15 is 0 Å². The fourth-order valence-corrected chi connectivity index (χ4v) is 2.96. The summed E-state index contributed by atoms with van der Waals surface area (Å²) < 4.78 is 20.7. The molecule has 0 saturated heterocycles. The van der Waals surface area contributed by atoms with Gasteiger partial charge in [0.15, 0.2) is 0 Å². The maximum Gasteiger partial charge on any atom is 0.255 e. The molecule has 0 N–H and O–H groups in total. The molecule has 132 valence electrons. The van der Waals surface area contributed by atoms with Crippen LogP contribution in [0.4, 0.5) is 4.39 Å². The number of nitrogens with zero attached hydrogens (tertiary/aromatic N) is 4. The number of hydrogen-bond donors (Lipinski definition) is 0. The Balaban J connectivity index is 1.43. The van der Waals surface area contributed by atoms with Gasteiger partial charge in [0.1, 0.15) is 23.9 Å². The van der Waals surface area contributed by atoms with E-state index in [1.807, 2.05) is 10.7 Å². The standard InChI is InChI=1S/C19H17FN4O2/c20-15-4-1-5-18(9-15)26-13-16-10-17-12-23(7-8-24(17)22-16)19(25)14-3-2-6-21-11-14/h1-6,9-11H,7-8,12-13H2. The van der Waals surface area contributed by atoms with Crippen LogP contribution >= 0.6 is 0 Å². The van der Waals surface area contributed by atoms with Gasteiger partial charge in [-0.1, -0.05) is 6.07 Å². The molecule has 0 saturated carbocycles. The Kier molecular flexibility index (Phi) is 4.35. The molecule has 0 radical (unpaired) electrons. The lowest BCUT2D eigenvalue weighted by molar-refractivity contribution is 0.0705. The van der Waals surface area contributed by atoms with Crippen LogP contribution in [0.1, 0.15) is 21.7 Å². The Morgan fingerprint density at radius 1 is 1.19 bits per heavy atom. The topological polar surface area (TPSA) is 60.2 Å². The van der Waals surface area contributed by atoms with Crippen molar-refractivity contribution in [2.45, 2.75) is 19.7 Å². The van der Waals surface area contributed by atoms with Crippen molar-refractivity contribution in [2.75, 3.05) is 6.54 Å². The van der Waals surface area contributed by atoms with E-state index in [1.165, 1.54) is 12.1 Å². The Bertz CT molecular complexity index is 926. The quantitative estimate of drug-likeness (QED) is 0.724. The smallest absolute Gasteiger partial charge is 0.255 e. The highest BCUT2D eigenvalue weighted by atomic mass is 19.1. The van der Waals surface area contributed by atoms with Crippen LogP contribution in [-0.4, -0.2) is 32.1 Å². The van der Waals surface area contributed by atoms with E-state index in [0.29, 0.717) is 30.9 Å². The van der Waals surface area contributed by atoms with Gasteiger partial charge < -0.3 is 9.64 Å². The summed E-state index contributed by atoms with van der Waals surface area (Å²) in [7, 11) is 0. The Morgan fingerprint density at radius 2 is 2.12 bits per heavy atom. The lowest BCUT2D eigenvalue weighted by Gasteiger charge is -2.27. The summed E-state index contributed by atoms with van der Waals surface area (Å²) in [6.45, 7) is 1.95. The number of carbonyl (C=O) groups excluding carboxylic acids is 1. The van der Waals surface area contributed by atoms with Crippen molar-refractivity contribution in [3.05, 3.63) is 77.6 Å². The summed E-state index contributed by atoms with van der Waals surface area (Å²) in [6.07, 6.45) is 3.22. The monoisotopic (exact) mass is 352 g/mol. The largest absolute Gasteiger partial charge is 0.487 e. The second-order valence-electron chi connectivity index (χ2n) is 6.06. The Hall–Kier alpha value is -3.22. The van der Waals surface area contributed by atoms with Crippen molar-refractivity contribution in [1.29, 1.82) is 0 Å². The highest BCUT2D eigenvalue weighted by Gasteiger charge is 2.23. The lowest BCUT2D eigenvalue weighted by Crippen LogP contribution is -2.38. The fraction of sp³-hybridized carbons (Fsp3) is 0.211. The third kappa shape index (κ3) is 3.42. The van der Waals surface area contributed by atoms with Gasteiger partial charge in [0, 0.05) is 25.0 Å². The van der Waals surface area contributed by atoms with Gasteiger partial charge in [0.05, 0.1) is 24.3 Å². The van der Waals surface area contributed by atoms with E-state index in [-0.39, 0.29) is 18.3 Å². The lowest BCUT2D eigenvalue weighted by atomic mass is 10.2. The van der Waals surface area contributed by atoms with E-state index < -0.39 is 0 Å². The zero-order chi connectivity index (χ0) is 17.9. The van der Waals surface area contributed by atoms with E-state index in [9.17, 15) is 9.18 Å². The van der Waals surface area contributed by atoms with Gasteiger partial charge in [-0.15, -0.1) is 0 Å². The first-order chi connectivity index (χ1) is 12.7. The number of aromatic nitrogens is 3. The van der Waals surface area contributed by atoms with Gasteiger partial charge in [-0.05, 0) is 30.3 Å². The van der Waals surface area contributed by atoms with Gasteiger partial charge in [-0.25, -0.2) is 4.39 Å². The molecule has 1 aliphatic rings. The molecule has 0 aliphatic carbocycles. The van der Waals surface area contributed by atoms with Crippen LogP contribution in [0.5, 0.6) is 5.75 Å². The molecular weight excluding hydrogens is 335 g/mol. The van der Waals surface area contributed by atoms with Crippen LogP contribution < -0.4 is 4.74 Å². The molecule has 4 rings (SSSR count). The highest BCUT2D eigenvalue weighted by Crippen LogP contribution is 2.18. The molecule has 3 aromatic rings. The van der Waals surface area contributed by atoms with Gasteiger partial charge in [0.2, 0.25) is 0 Å². The summed E-state index contributed by atoms with van der Waals surface area (Å²) in [5.41, 5.74) is 2.28. The second kappa shape index (κ2) is 6.95. The average molecular weight is 352 g/mol. The third-order valence-electron chi connectivity index (χ3n) is 4.23. The number of pyridine rings is 1. The molecule has 0 atom stereocenters. The van der Waals surface area contributed by atoms with Gasteiger partial charge in [0.25, 0.3) is 5.91 Å². The van der Waals surface area contributed by atoms with E-state index in [1.54, 1.807) is 41.6 Å².